The number of benzene rings is 3. The Morgan fingerprint density at radius 3 is 2.14 bits per heavy atom. The van der Waals surface area contributed by atoms with Gasteiger partial charge >= 0.3 is 0 Å². The first-order valence-corrected chi connectivity index (χ1v) is 10.2. The smallest absolute Gasteiger partial charge is 0.264 e. The van der Waals surface area contributed by atoms with Gasteiger partial charge in [0.15, 0.2) is 0 Å². The van der Waals surface area contributed by atoms with E-state index in [1.54, 1.807) is 36.4 Å². The average Bonchev–Trinajstić information content (AvgIpc) is 2.67. The Morgan fingerprint density at radius 1 is 0.857 bits per heavy atom. The molecule has 0 atom stereocenters. The summed E-state index contributed by atoms with van der Waals surface area (Å²) in [7, 11) is -2.29. The van der Waals surface area contributed by atoms with Crippen molar-refractivity contribution in [3.8, 4) is 0 Å². The molecule has 0 aliphatic rings. The first-order valence-electron chi connectivity index (χ1n) is 8.81. The van der Waals surface area contributed by atoms with Gasteiger partial charge in [-0.05, 0) is 67.4 Å². The number of hydrogen-bond donors (Lipinski definition) is 1. The molecule has 0 bridgehead atoms. The van der Waals surface area contributed by atoms with E-state index in [4.69, 9.17) is 0 Å². The van der Waals surface area contributed by atoms with Crippen molar-refractivity contribution in [2.75, 3.05) is 16.7 Å². The standard InChI is InChI=1S/C22H22N2O3S/c1-16-12-17(2)14-19(13-16)23-22(25)18-8-7-11-21(15-18)28(26,27)24(3)20-9-5-4-6-10-20/h4-15H,1-3H3,(H,23,25). The number of nitrogens with one attached hydrogen (secondary N) is 1. The van der Waals surface area contributed by atoms with Crippen LogP contribution in [0.1, 0.15) is 21.5 Å². The van der Waals surface area contributed by atoms with Crippen LogP contribution in [-0.4, -0.2) is 21.4 Å². The highest BCUT2D eigenvalue weighted by Crippen LogP contribution is 2.23. The molecule has 1 N–H and O–H groups in total. The summed E-state index contributed by atoms with van der Waals surface area (Å²) in [6.45, 7) is 3.91. The fraction of sp³-hybridized carbons (Fsp3) is 0.136. The zero-order valence-electron chi connectivity index (χ0n) is 16.0. The number of rotatable bonds is 5. The van der Waals surface area contributed by atoms with Crippen LogP contribution in [0.3, 0.4) is 0 Å². The van der Waals surface area contributed by atoms with Crippen LogP contribution in [0.25, 0.3) is 0 Å². The van der Waals surface area contributed by atoms with E-state index in [-0.39, 0.29) is 16.4 Å². The SMILES string of the molecule is Cc1cc(C)cc(NC(=O)c2cccc(S(=O)(=O)N(C)c3ccccc3)c2)c1. The lowest BCUT2D eigenvalue weighted by molar-refractivity contribution is 0.102. The molecule has 0 saturated carbocycles. The van der Waals surface area contributed by atoms with E-state index in [2.05, 4.69) is 5.32 Å². The zero-order chi connectivity index (χ0) is 20.3. The second kappa shape index (κ2) is 7.86. The van der Waals surface area contributed by atoms with E-state index in [9.17, 15) is 13.2 Å². The molecular formula is C22H22N2O3S. The summed E-state index contributed by atoms with van der Waals surface area (Å²) in [5, 5.41) is 2.83. The highest BCUT2D eigenvalue weighted by atomic mass is 32.2. The van der Waals surface area contributed by atoms with E-state index >= 15 is 0 Å². The monoisotopic (exact) mass is 394 g/mol. The van der Waals surface area contributed by atoms with Crippen molar-refractivity contribution in [1.82, 2.24) is 0 Å². The van der Waals surface area contributed by atoms with Crippen LogP contribution < -0.4 is 9.62 Å². The van der Waals surface area contributed by atoms with Crippen LogP contribution in [0.2, 0.25) is 0 Å². The molecule has 3 aromatic carbocycles. The van der Waals surface area contributed by atoms with Crippen molar-refractivity contribution in [3.63, 3.8) is 0 Å². The van der Waals surface area contributed by atoms with Gasteiger partial charge in [0.2, 0.25) is 0 Å². The topological polar surface area (TPSA) is 66.5 Å². The number of sulfonamides is 1. The minimum atomic E-state index is -3.78. The number of para-hydroxylation sites is 1. The Labute approximate surface area is 165 Å². The highest BCUT2D eigenvalue weighted by molar-refractivity contribution is 7.92. The van der Waals surface area contributed by atoms with Gasteiger partial charge in [0, 0.05) is 18.3 Å². The summed E-state index contributed by atoms with van der Waals surface area (Å²) in [5.74, 6) is -0.357. The van der Waals surface area contributed by atoms with Gasteiger partial charge in [0.25, 0.3) is 15.9 Å². The quantitative estimate of drug-likeness (QED) is 0.698. The maximum Gasteiger partial charge on any atom is 0.264 e. The van der Waals surface area contributed by atoms with Crippen molar-refractivity contribution in [2.24, 2.45) is 0 Å². The minimum absolute atomic E-state index is 0.0620. The number of aryl methyl sites for hydroxylation is 2. The zero-order valence-corrected chi connectivity index (χ0v) is 16.8. The van der Waals surface area contributed by atoms with Gasteiger partial charge < -0.3 is 5.32 Å². The fourth-order valence-corrected chi connectivity index (χ4v) is 4.22. The van der Waals surface area contributed by atoms with Crippen LogP contribution in [0, 0.1) is 13.8 Å². The Bertz CT molecular complexity index is 1090. The summed E-state index contributed by atoms with van der Waals surface area (Å²) in [6, 6.07) is 20.6. The summed E-state index contributed by atoms with van der Waals surface area (Å²) >= 11 is 0. The molecule has 0 spiro atoms. The number of carbonyl (C=O) groups excluding carboxylic acids is 1. The lowest BCUT2D eigenvalue weighted by Gasteiger charge is -2.19. The van der Waals surface area contributed by atoms with E-state index in [0.717, 1.165) is 11.1 Å². The Balaban J connectivity index is 1.88. The molecule has 0 heterocycles. The van der Waals surface area contributed by atoms with Crippen molar-refractivity contribution in [2.45, 2.75) is 18.7 Å². The average molecular weight is 394 g/mol. The van der Waals surface area contributed by atoms with Crippen LogP contribution in [-0.2, 0) is 10.0 Å². The van der Waals surface area contributed by atoms with Crippen molar-refractivity contribution in [3.05, 3.63) is 89.5 Å². The normalized spacial score (nSPS) is 11.1. The summed E-state index contributed by atoms with van der Waals surface area (Å²) in [4.78, 5) is 12.7. The second-order valence-corrected chi connectivity index (χ2v) is 8.64. The molecule has 3 rings (SSSR count). The van der Waals surface area contributed by atoms with Crippen LogP contribution in [0.15, 0.2) is 77.7 Å². The third-order valence-corrected chi connectivity index (χ3v) is 6.14. The lowest BCUT2D eigenvalue weighted by Crippen LogP contribution is -2.26. The van der Waals surface area contributed by atoms with Gasteiger partial charge in [-0.25, -0.2) is 8.42 Å². The maximum absolute atomic E-state index is 12.9. The van der Waals surface area contributed by atoms with Gasteiger partial charge in [0.05, 0.1) is 10.6 Å². The minimum Gasteiger partial charge on any atom is -0.322 e. The van der Waals surface area contributed by atoms with Crippen LogP contribution >= 0.6 is 0 Å². The second-order valence-electron chi connectivity index (χ2n) is 6.67. The molecule has 0 unspecified atom stereocenters. The van der Waals surface area contributed by atoms with Gasteiger partial charge in [-0.2, -0.15) is 0 Å². The number of carbonyl (C=O) groups is 1. The number of anilines is 2. The van der Waals surface area contributed by atoms with E-state index in [1.165, 1.54) is 23.5 Å². The molecule has 1 amide bonds. The predicted molar refractivity (Wildman–Crippen MR) is 112 cm³/mol. The lowest BCUT2D eigenvalue weighted by atomic mass is 10.1. The van der Waals surface area contributed by atoms with Crippen molar-refractivity contribution in [1.29, 1.82) is 0 Å². The van der Waals surface area contributed by atoms with E-state index in [0.29, 0.717) is 11.4 Å². The fourth-order valence-electron chi connectivity index (χ4n) is 2.98. The molecule has 0 aliphatic heterocycles. The Hall–Kier alpha value is -3.12. The Morgan fingerprint density at radius 2 is 1.50 bits per heavy atom. The van der Waals surface area contributed by atoms with Crippen LogP contribution in [0.5, 0.6) is 0 Å². The van der Waals surface area contributed by atoms with Gasteiger partial charge in [0.1, 0.15) is 0 Å². The molecule has 0 radical (unpaired) electrons. The molecule has 5 nitrogen and oxygen atoms in total. The third kappa shape index (κ3) is 4.23. The summed E-state index contributed by atoms with van der Waals surface area (Å²) < 4.78 is 27.1. The number of hydrogen-bond acceptors (Lipinski definition) is 3. The van der Waals surface area contributed by atoms with Gasteiger partial charge in [-0.15, -0.1) is 0 Å². The molecule has 0 saturated heterocycles. The summed E-state index contributed by atoms with van der Waals surface area (Å²) in [6.07, 6.45) is 0. The molecule has 3 aromatic rings. The third-order valence-electron chi connectivity index (χ3n) is 4.35. The Kier molecular flexibility index (Phi) is 5.51. The molecule has 0 aromatic heterocycles. The molecular weight excluding hydrogens is 372 g/mol. The maximum atomic E-state index is 12.9. The highest BCUT2D eigenvalue weighted by Gasteiger charge is 2.22. The first-order chi connectivity index (χ1) is 13.3. The van der Waals surface area contributed by atoms with E-state index < -0.39 is 10.0 Å². The van der Waals surface area contributed by atoms with Gasteiger partial charge in [-0.3, -0.25) is 9.10 Å². The molecule has 28 heavy (non-hydrogen) atoms. The van der Waals surface area contributed by atoms with E-state index in [1.807, 2.05) is 38.1 Å². The first kappa shape index (κ1) is 19.6. The van der Waals surface area contributed by atoms with Crippen molar-refractivity contribution < 1.29 is 13.2 Å². The van der Waals surface area contributed by atoms with Crippen molar-refractivity contribution >= 4 is 27.3 Å². The largest absolute Gasteiger partial charge is 0.322 e. The van der Waals surface area contributed by atoms with Crippen LogP contribution in [0.4, 0.5) is 11.4 Å². The molecule has 0 aliphatic carbocycles. The molecule has 6 heteroatoms. The molecule has 144 valence electrons. The number of nitrogens with zero attached hydrogens (tertiary/aromatic N) is 1. The molecule has 0 fully saturated rings. The number of amides is 1. The van der Waals surface area contributed by atoms with Gasteiger partial charge in [-0.1, -0.05) is 30.3 Å². The predicted octanol–water partition coefficient (Wildman–Crippen LogP) is 4.38. The summed E-state index contributed by atoms with van der Waals surface area (Å²) in [5.41, 5.74) is 3.58.